The number of aliphatic hydroxyl groups is 1. The van der Waals surface area contributed by atoms with Crippen molar-refractivity contribution in [2.45, 2.75) is 39.3 Å². The van der Waals surface area contributed by atoms with Gasteiger partial charge in [-0.2, -0.15) is 0 Å². The summed E-state index contributed by atoms with van der Waals surface area (Å²) in [6, 6.07) is 15.9. The number of amides is 3. The third-order valence-electron chi connectivity index (χ3n) is 7.73. The molecule has 1 fully saturated rings. The zero-order valence-corrected chi connectivity index (χ0v) is 23.7. The number of nitrogens with zero attached hydrogens (tertiary/aromatic N) is 4. The number of aromatic nitrogens is 2. The van der Waals surface area contributed by atoms with E-state index in [2.05, 4.69) is 27.3 Å². The van der Waals surface area contributed by atoms with Gasteiger partial charge in [-0.05, 0) is 52.6 Å². The highest BCUT2D eigenvalue weighted by Gasteiger charge is 2.28. The molecule has 11 heteroatoms. The Hall–Kier alpha value is -4.25. The molecule has 0 saturated carbocycles. The van der Waals surface area contributed by atoms with Crippen molar-refractivity contribution in [3.63, 3.8) is 0 Å². The van der Waals surface area contributed by atoms with Crippen LogP contribution in [0.5, 0.6) is 5.75 Å². The fourth-order valence-electron chi connectivity index (χ4n) is 5.48. The zero-order chi connectivity index (χ0) is 29.4. The Morgan fingerprint density at radius 3 is 2.69 bits per heavy atom. The van der Waals surface area contributed by atoms with Crippen LogP contribution in [-0.4, -0.2) is 38.0 Å². The second kappa shape index (κ2) is 11.6. The molecule has 0 aliphatic carbocycles. The first-order chi connectivity index (χ1) is 20.3. The molecule has 3 heterocycles. The number of anilines is 1. The smallest absolute Gasteiger partial charge is 0.329 e. The molecule has 9 nitrogen and oxygen atoms in total. The number of ether oxygens (including phenoxy) is 1. The quantitative estimate of drug-likeness (QED) is 0.303. The minimum absolute atomic E-state index is 0.0120. The Balaban J connectivity index is 1.13. The van der Waals surface area contributed by atoms with E-state index in [0.717, 1.165) is 35.6 Å². The summed E-state index contributed by atoms with van der Waals surface area (Å²) in [5.41, 5.74) is 5.35. The lowest BCUT2D eigenvalue weighted by molar-refractivity contribution is -0.120. The van der Waals surface area contributed by atoms with Gasteiger partial charge in [0.05, 0.1) is 17.8 Å². The number of fused-ring (bicyclic) bond motifs is 1. The van der Waals surface area contributed by atoms with E-state index in [0.29, 0.717) is 35.2 Å². The largest absolute Gasteiger partial charge is 0.489 e. The van der Waals surface area contributed by atoms with E-state index in [9.17, 15) is 19.1 Å². The molecule has 216 valence electrons. The third-order valence-corrected chi connectivity index (χ3v) is 8.09. The molecule has 2 aliphatic heterocycles. The second-order valence-electron chi connectivity index (χ2n) is 10.5. The molecule has 2 aliphatic rings. The fraction of sp³-hybridized carbons (Fsp3) is 0.258. The standard InChI is InChI=1S/C31H29ClFN5O4/c1-36-29(38-10-9-28(40)35-31(38)41)13-34-30(36)19-5-6-20-14-37(16-22(20)11-19)15-21-7-8-24(12-23(21)17-39)42-18-25-26(32)3-2-4-27(25)33/h2-8,11-13,39H,9-10,14-18H2,1H3,(H,35,40,41). The second-order valence-corrected chi connectivity index (χ2v) is 10.9. The molecule has 0 unspecified atom stereocenters. The molecule has 4 aromatic rings. The van der Waals surface area contributed by atoms with Crippen LogP contribution in [0, 0.1) is 5.82 Å². The van der Waals surface area contributed by atoms with Crippen LogP contribution in [0.15, 0.2) is 60.8 Å². The Bertz CT molecular complexity index is 1670. The monoisotopic (exact) mass is 589 g/mol. The normalized spacial score (nSPS) is 15.2. The summed E-state index contributed by atoms with van der Waals surface area (Å²) in [4.78, 5) is 32.3. The number of hydrogen-bond donors (Lipinski definition) is 2. The number of carbonyl (C=O) groups excluding carboxylic acids is 2. The first-order valence-electron chi connectivity index (χ1n) is 13.6. The summed E-state index contributed by atoms with van der Waals surface area (Å²) in [6.07, 6.45) is 1.90. The number of halogens is 2. The topological polar surface area (TPSA) is 99.9 Å². The van der Waals surface area contributed by atoms with Crippen LogP contribution in [0.4, 0.5) is 15.0 Å². The Kier molecular flexibility index (Phi) is 7.68. The van der Waals surface area contributed by atoms with Crippen molar-refractivity contribution in [2.24, 2.45) is 7.05 Å². The number of nitrogens with one attached hydrogen (secondary N) is 1. The lowest BCUT2D eigenvalue weighted by Gasteiger charge is -2.26. The van der Waals surface area contributed by atoms with Gasteiger partial charge in [0.15, 0.2) is 0 Å². The van der Waals surface area contributed by atoms with Crippen molar-refractivity contribution in [3.8, 4) is 17.1 Å². The van der Waals surface area contributed by atoms with Crippen molar-refractivity contribution in [1.29, 1.82) is 0 Å². The van der Waals surface area contributed by atoms with Gasteiger partial charge in [0.25, 0.3) is 0 Å². The van der Waals surface area contributed by atoms with Gasteiger partial charge in [0.2, 0.25) is 5.91 Å². The van der Waals surface area contributed by atoms with Crippen molar-refractivity contribution in [1.82, 2.24) is 19.8 Å². The van der Waals surface area contributed by atoms with Gasteiger partial charge in [-0.25, -0.2) is 14.2 Å². The van der Waals surface area contributed by atoms with Gasteiger partial charge in [0, 0.05) is 50.8 Å². The van der Waals surface area contributed by atoms with Crippen LogP contribution >= 0.6 is 11.6 Å². The Morgan fingerprint density at radius 1 is 1.07 bits per heavy atom. The van der Waals surface area contributed by atoms with E-state index in [4.69, 9.17) is 16.3 Å². The molecule has 0 atom stereocenters. The molecule has 0 spiro atoms. The van der Waals surface area contributed by atoms with E-state index >= 15 is 0 Å². The van der Waals surface area contributed by atoms with E-state index in [-0.39, 0.29) is 25.5 Å². The predicted molar refractivity (Wildman–Crippen MR) is 155 cm³/mol. The molecule has 1 saturated heterocycles. The van der Waals surface area contributed by atoms with E-state index in [1.165, 1.54) is 22.1 Å². The van der Waals surface area contributed by atoms with Gasteiger partial charge in [0.1, 0.15) is 29.8 Å². The molecule has 3 aromatic carbocycles. The maximum Gasteiger partial charge on any atom is 0.329 e. The predicted octanol–water partition coefficient (Wildman–Crippen LogP) is 4.91. The van der Waals surface area contributed by atoms with Gasteiger partial charge >= 0.3 is 6.03 Å². The number of imide groups is 1. The summed E-state index contributed by atoms with van der Waals surface area (Å²) in [6.45, 7) is 2.27. The number of rotatable bonds is 8. The highest BCUT2D eigenvalue weighted by atomic mass is 35.5. The lowest BCUT2D eigenvalue weighted by Crippen LogP contribution is -2.50. The fourth-order valence-corrected chi connectivity index (χ4v) is 5.70. The minimum Gasteiger partial charge on any atom is -0.489 e. The van der Waals surface area contributed by atoms with E-state index in [1.54, 1.807) is 24.4 Å². The summed E-state index contributed by atoms with van der Waals surface area (Å²) in [7, 11) is 1.86. The molecule has 1 aromatic heterocycles. The average molecular weight is 590 g/mol. The third kappa shape index (κ3) is 5.48. The summed E-state index contributed by atoms with van der Waals surface area (Å²) < 4.78 is 21.8. The van der Waals surface area contributed by atoms with Crippen LogP contribution in [0.3, 0.4) is 0 Å². The van der Waals surface area contributed by atoms with Gasteiger partial charge < -0.3 is 14.4 Å². The Morgan fingerprint density at radius 2 is 1.90 bits per heavy atom. The molecular formula is C31H29ClFN5O4. The van der Waals surface area contributed by atoms with Gasteiger partial charge in [-0.3, -0.25) is 19.9 Å². The van der Waals surface area contributed by atoms with E-state index < -0.39 is 11.8 Å². The molecular weight excluding hydrogens is 561 g/mol. The maximum absolute atomic E-state index is 14.1. The van der Waals surface area contributed by atoms with E-state index in [1.807, 2.05) is 29.8 Å². The number of benzene rings is 3. The van der Waals surface area contributed by atoms with Crippen molar-refractivity contribution in [3.05, 3.63) is 99.5 Å². The SMILES string of the molecule is Cn1c(N2CCC(=O)NC2=O)cnc1-c1ccc2c(c1)CN(Cc1ccc(OCc3c(F)cccc3Cl)cc1CO)C2. The zero-order valence-electron chi connectivity index (χ0n) is 22.9. The van der Waals surface area contributed by atoms with Crippen LogP contribution in [0.1, 0.15) is 34.2 Å². The van der Waals surface area contributed by atoms with Gasteiger partial charge in [-0.1, -0.05) is 35.9 Å². The van der Waals surface area contributed by atoms with Crippen molar-refractivity contribution >= 4 is 29.4 Å². The molecule has 3 amide bonds. The number of imidazole rings is 1. The number of aliphatic hydroxyl groups excluding tert-OH is 1. The molecule has 0 bridgehead atoms. The molecule has 42 heavy (non-hydrogen) atoms. The van der Waals surface area contributed by atoms with Crippen LogP contribution in [0.25, 0.3) is 11.4 Å². The summed E-state index contributed by atoms with van der Waals surface area (Å²) in [5, 5.41) is 12.7. The Labute approximate surface area is 247 Å². The number of urea groups is 1. The van der Waals surface area contributed by atoms with Crippen LogP contribution in [0.2, 0.25) is 5.02 Å². The van der Waals surface area contributed by atoms with Crippen LogP contribution < -0.4 is 15.0 Å². The number of hydrogen-bond acceptors (Lipinski definition) is 6. The first-order valence-corrected chi connectivity index (χ1v) is 13.9. The van der Waals surface area contributed by atoms with Crippen LogP contribution in [-0.2, 0) is 44.7 Å². The highest BCUT2D eigenvalue weighted by Crippen LogP contribution is 2.32. The average Bonchev–Trinajstić information content (AvgIpc) is 3.55. The lowest BCUT2D eigenvalue weighted by atomic mass is 10.1. The van der Waals surface area contributed by atoms with Gasteiger partial charge in [-0.15, -0.1) is 0 Å². The number of carbonyl (C=O) groups is 2. The summed E-state index contributed by atoms with van der Waals surface area (Å²) >= 11 is 6.11. The molecule has 0 radical (unpaired) electrons. The molecule has 2 N–H and O–H groups in total. The highest BCUT2D eigenvalue weighted by molar-refractivity contribution is 6.31. The van der Waals surface area contributed by atoms with Crippen molar-refractivity contribution in [2.75, 3.05) is 11.4 Å². The maximum atomic E-state index is 14.1. The first kappa shape index (κ1) is 27.9. The minimum atomic E-state index is -0.443. The molecule has 6 rings (SSSR count). The summed E-state index contributed by atoms with van der Waals surface area (Å²) in [5.74, 6) is 1.18. The van der Waals surface area contributed by atoms with Crippen molar-refractivity contribution < 1.29 is 23.8 Å².